The van der Waals surface area contributed by atoms with Crippen LogP contribution in [-0.4, -0.2) is 68.2 Å². The van der Waals surface area contributed by atoms with Crippen molar-refractivity contribution in [2.45, 2.75) is 25.9 Å². The van der Waals surface area contributed by atoms with E-state index in [2.05, 4.69) is 0 Å². The Morgan fingerprint density at radius 2 is 1.89 bits per heavy atom. The van der Waals surface area contributed by atoms with Crippen LogP contribution in [0.4, 0.5) is 0 Å². The van der Waals surface area contributed by atoms with Crippen molar-refractivity contribution in [3.05, 3.63) is 23.8 Å². The van der Waals surface area contributed by atoms with Crippen molar-refractivity contribution >= 4 is 17.7 Å². The average Bonchev–Trinajstić information content (AvgIpc) is 2.69. The lowest BCUT2D eigenvalue weighted by molar-refractivity contribution is -0.154. The van der Waals surface area contributed by atoms with Gasteiger partial charge in [0.05, 0.1) is 19.1 Å². The van der Waals surface area contributed by atoms with Gasteiger partial charge in [-0.1, -0.05) is 0 Å². The van der Waals surface area contributed by atoms with Gasteiger partial charge in [0.25, 0.3) is 5.91 Å². The molecule has 2 heterocycles. The SMILES string of the molecule is CC1CN(C(=O)COC(=O)CCC(=O)c2ccc3c(c2)OCCO3)CCO1. The van der Waals surface area contributed by atoms with Crippen LogP contribution in [0.25, 0.3) is 0 Å². The Morgan fingerprint density at radius 1 is 1.11 bits per heavy atom. The van der Waals surface area contributed by atoms with Crippen LogP contribution in [0.3, 0.4) is 0 Å². The summed E-state index contributed by atoms with van der Waals surface area (Å²) in [6, 6.07) is 4.94. The van der Waals surface area contributed by atoms with E-state index in [4.69, 9.17) is 18.9 Å². The highest BCUT2D eigenvalue weighted by Crippen LogP contribution is 2.31. The summed E-state index contributed by atoms with van der Waals surface area (Å²) in [6.07, 6.45) is -0.108. The molecule has 146 valence electrons. The smallest absolute Gasteiger partial charge is 0.306 e. The molecule has 8 heteroatoms. The zero-order valence-electron chi connectivity index (χ0n) is 15.3. The van der Waals surface area contributed by atoms with Crippen molar-refractivity contribution in [1.82, 2.24) is 4.90 Å². The Bertz CT molecular complexity index is 718. The van der Waals surface area contributed by atoms with E-state index < -0.39 is 5.97 Å². The topological polar surface area (TPSA) is 91.4 Å². The minimum atomic E-state index is -0.574. The number of benzene rings is 1. The molecular formula is C19H23NO7. The number of hydrogen-bond donors (Lipinski definition) is 0. The summed E-state index contributed by atoms with van der Waals surface area (Å²) in [6.45, 7) is 3.94. The third-order valence-corrected chi connectivity index (χ3v) is 4.37. The number of ketones is 1. The van der Waals surface area contributed by atoms with Gasteiger partial charge in [-0.3, -0.25) is 14.4 Å². The summed E-state index contributed by atoms with van der Waals surface area (Å²) in [5, 5.41) is 0. The highest BCUT2D eigenvalue weighted by molar-refractivity contribution is 5.98. The van der Waals surface area contributed by atoms with Gasteiger partial charge >= 0.3 is 5.97 Å². The molecule has 0 bridgehead atoms. The Balaban J connectivity index is 1.42. The monoisotopic (exact) mass is 377 g/mol. The molecule has 0 saturated carbocycles. The lowest BCUT2D eigenvalue weighted by atomic mass is 10.1. The fourth-order valence-electron chi connectivity index (χ4n) is 2.93. The minimum Gasteiger partial charge on any atom is -0.486 e. The van der Waals surface area contributed by atoms with E-state index in [1.807, 2.05) is 6.92 Å². The van der Waals surface area contributed by atoms with Gasteiger partial charge in [-0.15, -0.1) is 0 Å². The molecule has 1 atom stereocenters. The molecule has 0 radical (unpaired) electrons. The molecular weight excluding hydrogens is 354 g/mol. The molecule has 2 aliphatic rings. The van der Waals surface area contributed by atoms with Gasteiger partial charge in [0.2, 0.25) is 0 Å². The van der Waals surface area contributed by atoms with Gasteiger partial charge < -0.3 is 23.8 Å². The van der Waals surface area contributed by atoms with Crippen molar-refractivity contribution in [2.24, 2.45) is 0 Å². The van der Waals surface area contributed by atoms with E-state index in [1.54, 1.807) is 23.1 Å². The molecule has 1 saturated heterocycles. The quantitative estimate of drug-likeness (QED) is 0.544. The third kappa shape index (κ3) is 5.19. The number of hydrogen-bond acceptors (Lipinski definition) is 7. The Kier molecular flexibility index (Phi) is 6.28. The molecule has 2 aliphatic heterocycles. The van der Waals surface area contributed by atoms with E-state index in [9.17, 15) is 14.4 Å². The number of amides is 1. The summed E-state index contributed by atoms with van der Waals surface area (Å²) < 4.78 is 21.2. The summed E-state index contributed by atoms with van der Waals surface area (Å²) in [4.78, 5) is 37.8. The normalized spacial score (nSPS) is 18.7. The number of nitrogens with zero attached hydrogens (tertiary/aromatic N) is 1. The Hall–Kier alpha value is -2.61. The van der Waals surface area contributed by atoms with Gasteiger partial charge in [-0.05, 0) is 25.1 Å². The molecule has 1 aromatic rings. The second-order valence-corrected chi connectivity index (χ2v) is 6.46. The maximum atomic E-state index is 12.3. The van der Waals surface area contributed by atoms with Gasteiger partial charge in [0, 0.05) is 25.1 Å². The van der Waals surface area contributed by atoms with E-state index >= 15 is 0 Å². The van der Waals surface area contributed by atoms with E-state index in [0.29, 0.717) is 50.0 Å². The molecule has 0 aliphatic carbocycles. The molecule has 0 aromatic heterocycles. The largest absolute Gasteiger partial charge is 0.486 e. The predicted molar refractivity (Wildman–Crippen MR) is 93.9 cm³/mol. The van der Waals surface area contributed by atoms with Crippen LogP contribution in [-0.2, 0) is 19.1 Å². The molecule has 0 N–H and O–H groups in total. The molecule has 8 nitrogen and oxygen atoms in total. The van der Waals surface area contributed by atoms with Gasteiger partial charge in [0.15, 0.2) is 23.9 Å². The van der Waals surface area contributed by atoms with Crippen LogP contribution in [0, 0.1) is 0 Å². The summed E-state index contributed by atoms with van der Waals surface area (Å²) in [5.41, 5.74) is 0.449. The van der Waals surface area contributed by atoms with Gasteiger partial charge in [0.1, 0.15) is 13.2 Å². The fourth-order valence-corrected chi connectivity index (χ4v) is 2.93. The van der Waals surface area contributed by atoms with Crippen molar-refractivity contribution < 1.29 is 33.3 Å². The molecule has 3 rings (SSSR count). The Morgan fingerprint density at radius 3 is 2.67 bits per heavy atom. The molecule has 1 fully saturated rings. The number of carbonyl (C=O) groups excluding carboxylic acids is 3. The zero-order chi connectivity index (χ0) is 19.2. The Labute approximate surface area is 157 Å². The fraction of sp³-hybridized carbons (Fsp3) is 0.526. The summed E-state index contributed by atoms with van der Waals surface area (Å²) >= 11 is 0. The van der Waals surface area contributed by atoms with E-state index in [1.165, 1.54) is 0 Å². The number of fused-ring (bicyclic) bond motifs is 1. The first-order valence-electron chi connectivity index (χ1n) is 9.01. The predicted octanol–water partition coefficient (Wildman–Crippen LogP) is 1.21. The zero-order valence-corrected chi connectivity index (χ0v) is 15.3. The first-order valence-corrected chi connectivity index (χ1v) is 9.01. The van der Waals surface area contributed by atoms with Crippen molar-refractivity contribution in [1.29, 1.82) is 0 Å². The maximum Gasteiger partial charge on any atom is 0.306 e. The highest BCUT2D eigenvalue weighted by Gasteiger charge is 2.22. The molecule has 1 aromatic carbocycles. The second kappa shape index (κ2) is 8.85. The first-order chi connectivity index (χ1) is 13.0. The number of rotatable bonds is 6. The number of morpholine rings is 1. The number of ether oxygens (including phenoxy) is 4. The lowest BCUT2D eigenvalue weighted by Crippen LogP contribution is -2.46. The molecule has 1 amide bonds. The van der Waals surface area contributed by atoms with E-state index in [0.717, 1.165) is 0 Å². The maximum absolute atomic E-state index is 12.3. The van der Waals surface area contributed by atoms with Gasteiger partial charge in [-0.2, -0.15) is 0 Å². The van der Waals surface area contributed by atoms with Crippen LogP contribution in [0.2, 0.25) is 0 Å². The summed E-state index contributed by atoms with van der Waals surface area (Å²) in [7, 11) is 0. The number of Topliss-reactive ketones (excluding diaryl/α,β-unsaturated/α-hetero) is 1. The second-order valence-electron chi connectivity index (χ2n) is 6.46. The van der Waals surface area contributed by atoms with Crippen molar-refractivity contribution in [3.8, 4) is 11.5 Å². The number of esters is 1. The molecule has 0 spiro atoms. The van der Waals surface area contributed by atoms with Gasteiger partial charge in [-0.25, -0.2) is 0 Å². The van der Waals surface area contributed by atoms with Crippen molar-refractivity contribution in [3.63, 3.8) is 0 Å². The van der Waals surface area contributed by atoms with Crippen molar-refractivity contribution in [2.75, 3.05) is 39.5 Å². The lowest BCUT2D eigenvalue weighted by Gasteiger charge is -2.30. The first kappa shape index (κ1) is 19.2. The van der Waals surface area contributed by atoms with Crippen LogP contribution in [0.1, 0.15) is 30.1 Å². The third-order valence-electron chi connectivity index (χ3n) is 4.37. The van der Waals surface area contributed by atoms with Crippen LogP contribution in [0.15, 0.2) is 18.2 Å². The number of carbonyl (C=O) groups is 3. The standard InChI is InChI=1S/C19H23NO7/c1-13-11-20(6-7-24-13)18(22)12-27-19(23)5-3-15(21)14-2-4-16-17(10-14)26-9-8-25-16/h2,4,10,13H,3,5-9,11-12H2,1H3. The molecule has 1 unspecified atom stereocenters. The highest BCUT2D eigenvalue weighted by atomic mass is 16.6. The van der Waals surface area contributed by atoms with Crippen LogP contribution < -0.4 is 9.47 Å². The van der Waals surface area contributed by atoms with Crippen LogP contribution in [0.5, 0.6) is 11.5 Å². The minimum absolute atomic E-state index is 0.00125. The molecule has 27 heavy (non-hydrogen) atoms. The average molecular weight is 377 g/mol. The van der Waals surface area contributed by atoms with E-state index in [-0.39, 0.29) is 37.2 Å². The van der Waals surface area contributed by atoms with Crippen LogP contribution >= 0.6 is 0 Å². The summed E-state index contributed by atoms with van der Waals surface area (Å²) in [5.74, 6) is 0.109.